The molecule has 2 amide bonds. The summed E-state index contributed by atoms with van der Waals surface area (Å²) in [6.07, 6.45) is 1.48. The fourth-order valence-corrected chi connectivity index (χ4v) is 1.98. The first-order valence-electron chi connectivity index (χ1n) is 6.98. The van der Waals surface area contributed by atoms with E-state index in [1.807, 2.05) is 20.8 Å². The number of hydrogen-bond donors (Lipinski definition) is 0. The van der Waals surface area contributed by atoms with E-state index in [1.165, 1.54) is 0 Å². The summed E-state index contributed by atoms with van der Waals surface area (Å²) in [7, 11) is 0. The molecule has 0 aromatic rings. The summed E-state index contributed by atoms with van der Waals surface area (Å²) in [6, 6.07) is 0. The molecule has 0 aromatic carbocycles. The number of carbonyl (C=O) groups excluding carboxylic acids is 3. The third-order valence-corrected chi connectivity index (χ3v) is 3.30. The number of ether oxygens (including phenoxy) is 1. The molecular weight excluding hydrogens is 262 g/mol. The van der Waals surface area contributed by atoms with Crippen LogP contribution in [0.5, 0.6) is 0 Å². The average molecular weight is 285 g/mol. The summed E-state index contributed by atoms with van der Waals surface area (Å²) in [5.74, 6) is -1.85. The minimum Gasteiger partial charge on any atom is -0.376 e. The molecule has 1 atom stereocenters. The van der Waals surface area contributed by atoms with Gasteiger partial charge in [0.05, 0.1) is 11.5 Å². The van der Waals surface area contributed by atoms with Crippen molar-refractivity contribution in [2.75, 3.05) is 6.61 Å². The number of hydroxylamine groups is 2. The monoisotopic (exact) mass is 285 g/mol. The summed E-state index contributed by atoms with van der Waals surface area (Å²) in [4.78, 5) is 39.4. The molecule has 0 N–H and O–H groups in total. The van der Waals surface area contributed by atoms with E-state index in [-0.39, 0.29) is 18.4 Å². The molecule has 0 bridgehead atoms. The van der Waals surface area contributed by atoms with Crippen molar-refractivity contribution in [2.45, 2.75) is 59.0 Å². The van der Waals surface area contributed by atoms with Gasteiger partial charge in [-0.25, -0.2) is 4.79 Å². The van der Waals surface area contributed by atoms with Crippen LogP contribution in [0.4, 0.5) is 0 Å². The first kappa shape index (κ1) is 16.6. The van der Waals surface area contributed by atoms with Crippen LogP contribution in [0, 0.1) is 5.92 Å². The van der Waals surface area contributed by atoms with Gasteiger partial charge in [-0.3, -0.25) is 9.59 Å². The van der Waals surface area contributed by atoms with E-state index in [0.717, 1.165) is 0 Å². The average Bonchev–Trinajstić information content (AvgIpc) is 2.67. The molecule has 0 aliphatic carbocycles. The van der Waals surface area contributed by atoms with Gasteiger partial charge in [-0.15, -0.1) is 5.06 Å². The van der Waals surface area contributed by atoms with Crippen molar-refractivity contribution in [1.29, 1.82) is 0 Å². The lowest BCUT2D eigenvalue weighted by Gasteiger charge is -2.26. The Bertz CT molecular complexity index is 375. The number of hydrogen-bond acceptors (Lipinski definition) is 5. The Labute approximate surface area is 119 Å². The third-order valence-electron chi connectivity index (χ3n) is 3.30. The number of rotatable bonds is 7. The van der Waals surface area contributed by atoms with E-state index in [1.54, 1.807) is 6.92 Å². The zero-order chi connectivity index (χ0) is 15.3. The Morgan fingerprint density at radius 1 is 1.30 bits per heavy atom. The Kier molecular flexibility index (Phi) is 5.68. The smallest absolute Gasteiger partial charge is 0.335 e. The summed E-state index contributed by atoms with van der Waals surface area (Å²) in [5, 5.41) is 0.590. The van der Waals surface area contributed by atoms with Crippen molar-refractivity contribution < 1.29 is 24.0 Å². The second kappa shape index (κ2) is 6.83. The lowest BCUT2D eigenvalue weighted by molar-refractivity contribution is -0.200. The Balaban J connectivity index is 2.43. The quantitative estimate of drug-likeness (QED) is 0.667. The van der Waals surface area contributed by atoms with Crippen LogP contribution in [-0.4, -0.2) is 35.1 Å². The molecule has 1 aliphatic heterocycles. The van der Waals surface area contributed by atoms with Gasteiger partial charge in [0, 0.05) is 19.4 Å². The number of amides is 2. The first-order valence-corrected chi connectivity index (χ1v) is 6.98. The SMILES string of the molecule is CCOC(C)(C)CCC(C)C(=O)ON1C(=O)CCC1=O. The van der Waals surface area contributed by atoms with E-state index >= 15 is 0 Å². The highest BCUT2D eigenvalue weighted by atomic mass is 16.7. The topological polar surface area (TPSA) is 72.9 Å². The normalized spacial score (nSPS) is 17.5. The van der Waals surface area contributed by atoms with E-state index in [2.05, 4.69) is 0 Å². The van der Waals surface area contributed by atoms with E-state index in [9.17, 15) is 14.4 Å². The molecule has 1 rings (SSSR count). The van der Waals surface area contributed by atoms with Crippen LogP contribution in [-0.2, 0) is 24.0 Å². The molecule has 0 aromatic heterocycles. The van der Waals surface area contributed by atoms with Crippen LogP contribution in [0.15, 0.2) is 0 Å². The van der Waals surface area contributed by atoms with Crippen molar-refractivity contribution in [3.05, 3.63) is 0 Å². The van der Waals surface area contributed by atoms with Crippen LogP contribution in [0.2, 0.25) is 0 Å². The van der Waals surface area contributed by atoms with E-state index in [0.29, 0.717) is 24.5 Å². The van der Waals surface area contributed by atoms with Gasteiger partial charge in [0.2, 0.25) is 0 Å². The minimum atomic E-state index is -0.555. The second-order valence-corrected chi connectivity index (χ2v) is 5.62. The van der Waals surface area contributed by atoms with Crippen molar-refractivity contribution >= 4 is 17.8 Å². The van der Waals surface area contributed by atoms with Crippen LogP contribution in [0.3, 0.4) is 0 Å². The van der Waals surface area contributed by atoms with Crippen LogP contribution in [0.1, 0.15) is 53.4 Å². The summed E-state index contributed by atoms with van der Waals surface area (Å²) >= 11 is 0. The summed E-state index contributed by atoms with van der Waals surface area (Å²) < 4.78 is 5.56. The first-order chi connectivity index (χ1) is 9.26. The Morgan fingerprint density at radius 3 is 2.35 bits per heavy atom. The van der Waals surface area contributed by atoms with E-state index < -0.39 is 23.7 Å². The van der Waals surface area contributed by atoms with Gasteiger partial charge in [0.1, 0.15) is 0 Å². The van der Waals surface area contributed by atoms with Crippen LogP contribution < -0.4 is 0 Å². The maximum Gasteiger partial charge on any atom is 0.335 e. The molecule has 0 radical (unpaired) electrons. The fraction of sp³-hybridized carbons (Fsp3) is 0.786. The molecule has 1 unspecified atom stereocenters. The number of imide groups is 1. The van der Waals surface area contributed by atoms with Gasteiger partial charge in [0.15, 0.2) is 0 Å². The highest BCUT2D eigenvalue weighted by Gasteiger charge is 2.34. The molecule has 1 fully saturated rings. The van der Waals surface area contributed by atoms with Gasteiger partial charge < -0.3 is 9.57 Å². The van der Waals surface area contributed by atoms with Crippen molar-refractivity contribution in [3.8, 4) is 0 Å². The predicted molar refractivity (Wildman–Crippen MR) is 71.3 cm³/mol. The van der Waals surface area contributed by atoms with Gasteiger partial charge in [-0.05, 0) is 33.6 Å². The Morgan fingerprint density at radius 2 is 1.85 bits per heavy atom. The highest BCUT2D eigenvalue weighted by molar-refractivity contribution is 6.01. The van der Waals surface area contributed by atoms with Crippen LogP contribution >= 0.6 is 0 Å². The van der Waals surface area contributed by atoms with Crippen molar-refractivity contribution in [1.82, 2.24) is 5.06 Å². The number of nitrogens with zero attached hydrogens (tertiary/aromatic N) is 1. The van der Waals surface area contributed by atoms with Gasteiger partial charge in [-0.1, -0.05) is 6.92 Å². The molecule has 1 saturated heterocycles. The molecule has 6 heteroatoms. The van der Waals surface area contributed by atoms with Crippen molar-refractivity contribution in [3.63, 3.8) is 0 Å². The lowest BCUT2D eigenvalue weighted by Crippen LogP contribution is -2.34. The molecule has 1 heterocycles. The van der Waals surface area contributed by atoms with Crippen LogP contribution in [0.25, 0.3) is 0 Å². The van der Waals surface area contributed by atoms with Gasteiger partial charge >= 0.3 is 5.97 Å². The zero-order valence-electron chi connectivity index (χ0n) is 12.6. The van der Waals surface area contributed by atoms with Gasteiger partial charge in [-0.2, -0.15) is 0 Å². The molecule has 1 aliphatic rings. The molecule has 0 saturated carbocycles. The fourth-order valence-electron chi connectivity index (χ4n) is 1.98. The third kappa shape index (κ3) is 4.59. The molecule has 20 heavy (non-hydrogen) atoms. The summed E-state index contributed by atoms with van der Waals surface area (Å²) in [5.41, 5.74) is -0.303. The molecule has 6 nitrogen and oxygen atoms in total. The maximum absolute atomic E-state index is 11.9. The Hall–Kier alpha value is -1.43. The molecule has 0 spiro atoms. The summed E-state index contributed by atoms with van der Waals surface area (Å²) in [6.45, 7) is 8.17. The standard InChI is InChI=1S/C14H23NO5/c1-5-19-14(3,4)9-8-10(2)13(18)20-15-11(16)6-7-12(15)17/h10H,5-9H2,1-4H3. The maximum atomic E-state index is 11.9. The zero-order valence-corrected chi connectivity index (χ0v) is 12.6. The molecule has 114 valence electrons. The van der Waals surface area contributed by atoms with Crippen molar-refractivity contribution in [2.24, 2.45) is 5.92 Å². The van der Waals surface area contributed by atoms with Gasteiger partial charge in [0.25, 0.3) is 11.8 Å². The highest BCUT2D eigenvalue weighted by Crippen LogP contribution is 2.22. The lowest BCUT2D eigenvalue weighted by atomic mass is 9.96. The predicted octanol–water partition coefficient (Wildman–Crippen LogP) is 1.82. The largest absolute Gasteiger partial charge is 0.376 e. The second-order valence-electron chi connectivity index (χ2n) is 5.62. The molecular formula is C14H23NO5. The minimum absolute atomic E-state index is 0.109. The number of carbonyl (C=O) groups is 3. The van der Waals surface area contributed by atoms with E-state index in [4.69, 9.17) is 9.57 Å².